The van der Waals surface area contributed by atoms with Crippen LogP contribution in [0.3, 0.4) is 0 Å². The van der Waals surface area contributed by atoms with Crippen LogP contribution < -0.4 is 5.32 Å². The van der Waals surface area contributed by atoms with Gasteiger partial charge in [-0.1, -0.05) is 29.8 Å². The highest BCUT2D eigenvalue weighted by Gasteiger charge is 2.68. The van der Waals surface area contributed by atoms with Crippen LogP contribution in [0.1, 0.15) is 17.2 Å². The number of carbonyl (C=O) groups excluding carboxylic acids is 3. The number of aliphatic hydroxyl groups is 1. The largest absolute Gasteiger partial charge is 0.468 e. The van der Waals surface area contributed by atoms with Gasteiger partial charge in [-0.3, -0.25) is 19.8 Å². The van der Waals surface area contributed by atoms with E-state index in [2.05, 4.69) is 5.32 Å². The SMILES string of the molecule is COC(=O)[C@@]1(CO)N[C@H](c2ccc(C)cc2)[C@H]2C(=O)N(C)C(=O)[C@H]21. The maximum absolute atomic E-state index is 12.6. The van der Waals surface area contributed by atoms with Crippen molar-refractivity contribution in [3.05, 3.63) is 35.4 Å². The molecule has 4 atom stereocenters. The Morgan fingerprint density at radius 3 is 2.46 bits per heavy atom. The Morgan fingerprint density at radius 2 is 1.92 bits per heavy atom. The first-order valence-electron chi connectivity index (χ1n) is 7.72. The van der Waals surface area contributed by atoms with Crippen molar-refractivity contribution in [1.29, 1.82) is 0 Å². The van der Waals surface area contributed by atoms with Crippen molar-refractivity contribution in [1.82, 2.24) is 10.2 Å². The fourth-order valence-corrected chi connectivity index (χ4v) is 3.79. The molecular weight excluding hydrogens is 312 g/mol. The molecule has 2 fully saturated rings. The standard InChI is InChI=1S/C17H20N2O5/c1-9-4-6-10(7-5-9)13-11-12(15(22)19(2)14(11)21)17(8-20,18-13)16(23)24-3/h4-7,11-13,18,20H,8H2,1-3H3/t11-,12-,13+,17-/m0/s1. The Hall–Kier alpha value is -2.25. The van der Waals surface area contributed by atoms with Crippen LogP contribution in [0.2, 0.25) is 0 Å². The number of likely N-dealkylation sites (tertiary alicyclic amines) is 1. The van der Waals surface area contributed by atoms with Gasteiger partial charge in [0.2, 0.25) is 11.8 Å². The van der Waals surface area contributed by atoms with Crippen molar-refractivity contribution in [2.75, 3.05) is 20.8 Å². The molecule has 24 heavy (non-hydrogen) atoms. The topological polar surface area (TPSA) is 95.9 Å². The van der Waals surface area contributed by atoms with Crippen LogP contribution in [-0.4, -0.2) is 54.1 Å². The number of rotatable bonds is 3. The summed E-state index contributed by atoms with van der Waals surface area (Å²) < 4.78 is 4.82. The molecule has 1 aromatic rings. The van der Waals surface area contributed by atoms with E-state index in [1.165, 1.54) is 14.2 Å². The van der Waals surface area contributed by atoms with Crippen LogP contribution in [-0.2, 0) is 19.1 Å². The second kappa shape index (κ2) is 5.68. The molecule has 0 radical (unpaired) electrons. The number of carbonyl (C=O) groups is 3. The number of fused-ring (bicyclic) bond motifs is 1. The van der Waals surface area contributed by atoms with Gasteiger partial charge in [0, 0.05) is 13.1 Å². The van der Waals surface area contributed by atoms with E-state index in [9.17, 15) is 19.5 Å². The molecule has 2 aliphatic heterocycles. The number of aryl methyl sites for hydroxylation is 1. The van der Waals surface area contributed by atoms with Gasteiger partial charge in [0.1, 0.15) is 0 Å². The zero-order chi connectivity index (χ0) is 17.6. The van der Waals surface area contributed by atoms with Crippen molar-refractivity contribution in [2.45, 2.75) is 18.5 Å². The zero-order valence-corrected chi connectivity index (χ0v) is 13.8. The lowest BCUT2D eigenvalue weighted by atomic mass is 9.79. The average Bonchev–Trinajstić information content (AvgIpc) is 3.05. The number of amides is 2. The molecule has 2 aliphatic rings. The second-order valence-corrected chi connectivity index (χ2v) is 6.39. The molecular formula is C17H20N2O5. The van der Waals surface area contributed by atoms with Gasteiger partial charge in [-0.05, 0) is 12.5 Å². The summed E-state index contributed by atoms with van der Waals surface area (Å²) in [5.74, 6) is -3.32. The fourth-order valence-electron chi connectivity index (χ4n) is 3.79. The van der Waals surface area contributed by atoms with Crippen LogP contribution in [0.25, 0.3) is 0 Å². The van der Waals surface area contributed by atoms with E-state index in [4.69, 9.17) is 4.74 Å². The minimum Gasteiger partial charge on any atom is -0.468 e. The smallest absolute Gasteiger partial charge is 0.329 e. The molecule has 2 amide bonds. The third-order valence-corrected chi connectivity index (χ3v) is 5.11. The highest BCUT2D eigenvalue weighted by Crippen LogP contribution is 2.48. The van der Waals surface area contributed by atoms with E-state index in [0.717, 1.165) is 16.0 Å². The summed E-state index contributed by atoms with van der Waals surface area (Å²) in [6.45, 7) is 1.31. The Bertz CT molecular complexity index is 701. The predicted octanol–water partition coefficient (Wildman–Crippen LogP) is -0.226. The Balaban J connectivity index is 2.12. The molecule has 7 heteroatoms. The molecule has 0 spiro atoms. The van der Waals surface area contributed by atoms with Gasteiger partial charge in [-0.15, -0.1) is 0 Å². The van der Waals surface area contributed by atoms with Crippen LogP contribution in [0, 0.1) is 18.8 Å². The lowest BCUT2D eigenvalue weighted by Crippen LogP contribution is -2.58. The van der Waals surface area contributed by atoms with Crippen LogP contribution in [0.15, 0.2) is 24.3 Å². The summed E-state index contributed by atoms with van der Waals surface area (Å²) in [7, 11) is 2.59. The lowest BCUT2D eigenvalue weighted by molar-refractivity contribution is -0.156. The molecule has 0 unspecified atom stereocenters. The number of aliphatic hydroxyl groups excluding tert-OH is 1. The van der Waals surface area contributed by atoms with Crippen molar-refractivity contribution in [3.63, 3.8) is 0 Å². The van der Waals surface area contributed by atoms with Crippen LogP contribution in [0.4, 0.5) is 0 Å². The van der Waals surface area contributed by atoms with Gasteiger partial charge >= 0.3 is 5.97 Å². The Labute approximate surface area is 139 Å². The Morgan fingerprint density at radius 1 is 1.29 bits per heavy atom. The number of imide groups is 1. The van der Waals surface area contributed by atoms with Crippen molar-refractivity contribution in [3.8, 4) is 0 Å². The molecule has 2 N–H and O–H groups in total. The highest BCUT2D eigenvalue weighted by molar-refractivity contribution is 6.09. The highest BCUT2D eigenvalue weighted by atomic mass is 16.5. The maximum Gasteiger partial charge on any atom is 0.329 e. The summed E-state index contributed by atoms with van der Waals surface area (Å²) in [5.41, 5.74) is 0.221. The number of hydrogen-bond donors (Lipinski definition) is 2. The molecule has 0 aliphatic carbocycles. The van der Waals surface area contributed by atoms with Gasteiger partial charge < -0.3 is 9.84 Å². The molecule has 0 aromatic heterocycles. The van der Waals surface area contributed by atoms with E-state index >= 15 is 0 Å². The fraction of sp³-hybridized carbons (Fsp3) is 0.471. The molecule has 2 saturated heterocycles. The monoisotopic (exact) mass is 332 g/mol. The first kappa shape index (κ1) is 16.6. The van der Waals surface area contributed by atoms with Crippen LogP contribution in [0.5, 0.6) is 0 Å². The number of ether oxygens (including phenoxy) is 1. The minimum atomic E-state index is -1.62. The third kappa shape index (κ3) is 2.08. The van der Waals surface area contributed by atoms with Crippen molar-refractivity contribution in [2.24, 2.45) is 11.8 Å². The predicted molar refractivity (Wildman–Crippen MR) is 83.6 cm³/mol. The summed E-state index contributed by atoms with van der Waals surface area (Å²) >= 11 is 0. The molecule has 3 rings (SSSR count). The van der Waals surface area contributed by atoms with Gasteiger partial charge in [0.15, 0.2) is 5.54 Å². The molecule has 0 bridgehead atoms. The first-order valence-corrected chi connectivity index (χ1v) is 7.72. The summed E-state index contributed by atoms with van der Waals surface area (Å²) in [6.07, 6.45) is 0. The van der Waals surface area contributed by atoms with Gasteiger partial charge in [-0.2, -0.15) is 0 Å². The second-order valence-electron chi connectivity index (χ2n) is 6.39. The molecule has 1 aromatic carbocycles. The van der Waals surface area contributed by atoms with Crippen LogP contribution >= 0.6 is 0 Å². The average molecular weight is 332 g/mol. The number of esters is 1. The van der Waals surface area contributed by atoms with Gasteiger partial charge in [0.05, 0.1) is 25.6 Å². The number of benzene rings is 1. The number of methoxy groups -OCH3 is 1. The Kier molecular flexibility index (Phi) is 3.93. The summed E-state index contributed by atoms with van der Waals surface area (Å²) in [6, 6.07) is 6.95. The molecule has 2 heterocycles. The lowest BCUT2D eigenvalue weighted by Gasteiger charge is -2.29. The number of nitrogens with zero attached hydrogens (tertiary/aromatic N) is 1. The summed E-state index contributed by atoms with van der Waals surface area (Å²) in [4.78, 5) is 38.6. The summed E-state index contributed by atoms with van der Waals surface area (Å²) in [5, 5.41) is 12.9. The molecule has 0 saturated carbocycles. The zero-order valence-electron chi connectivity index (χ0n) is 13.8. The van der Waals surface area contributed by atoms with E-state index in [-0.39, 0.29) is 5.91 Å². The van der Waals surface area contributed by atoms with E-state index in [1.54, 1.807) is 0 Å². The minimum absolute atomic E-state index is 0.359. The first-order chi connectivity index (χ1) is 11.4. The maximum atomic E-state index is 12.6. The van der Waals surface area contributed by atoms with Gasteiger partial charge in [-0.25, -0.2) is 4.79 Å². The molecule has 7 nitrogen and oxygen atoms in total. The van der Waals surface area contributed by atoms with E-state index in [1.807, 2.05) is 31.2 Å². The number of hydrogen-bond acceptors (Lipinski definition) is 6. The number of nitrogens with one attached hydrogen (secondary N) is 1. The normalized spacial score (nSPS) is 32.2. The molecule has 128 valence electrons. The van der Waals surface area contributed by atoms with Crippen molar-refractivity contribution < 1.29 is 24.2 Å². The van der Waals surface area contributed by atoms with E-state index in [0.29, 0.717) is 0 Å². The quantitative estimate of drug-likeness (QED) is 0.587. The van der Waals surface area contributed by atoms with Gasteiger partial charge in [0.25, 0.3) is 0 Å². The van der Waals surface area contributed by atoms with E-state index < -0.39 is 41.9 Å². The van der Waals surface area contributed by atoms with Crippen molar-refractivity contribution >= 4 is 17.8 Å². The third-order valence-electron chi connectivity index (χ3n) is 5.11.